The predicted octanol–water partition coefficient (Wildman–Crippen LogP) is 3.99. The highest BCUT2D eigenvalue weighted by Crippen LogP contribution is 2.31. The lowest BCUT2D eigenvalue weighted by Gasteiger charge is -2.27. The zero-order valence-electron chi connectivity index (χ0n) is 14.0. The van der Waals surface area contributed by atoms with Gasteiger partial charge in [0.25, 0.3) is 0 Å². The van der Waals surface area contributed by atoms with Gasteiger partial charge in [-0.3, -0.25) is 4.79 Å². The maximum Gasteiger partial charge on any atom is 0.226 e. The fraction of sp³-hybridized carbons (Fsp3) is 0.421. The van der Waals surface area contributed by atoms with Crippen molar-refractivity contribution in [3.8, 4) is 5.75 Å². The lowest BCUT2D eigenvalue weighted by atomic mass is 10.1. The SMILES string of the molecule is CNCCC(Oc1cccc(N2CCCCC2=O)c1)c1cccs1. The summed E-state index contributed by atoms with van der Waals surface area (Å²) in [6, 6.07) is 12.1. The van der Waals surface area contributed by atoms with Gasteiger partial charge in [0.1, 0.15) is 11.9 Å². The molecule has 2 aromatic rings. The molecule has 1 saturated heterocycles. The Balaban J connectivity index is 1.75. The Morgan fingerprint density at radius 3 is 2.96 bits per heavy atom. The molecule has 1 atom stereocenters. The lowest BCUT2D eigenvalue weighted by molar-refractivity contribution is -0.119. The van der Waals surface area contributed by atoms with E-state index in [2.05, 4.69) is 22.8 Å². The summed E-state index contributed by atoms with van der Waals surface area (Å²) < 4.78 is 6.26. The average molecular weight is 344 g/mol. The predicted molar refractivity (Wildman–Crippen MR) is 98.9 cm³/mol. The molecule has 24 heavy (non-hydrogen) atoms. The third-order valence-electron chi connectivity index (χ3n) is 4.25. The molecule has 1 aromatic carbocycles. The Morgan fingerprint density at radius 1 is 1.29 bits per heavy atom. The normalized spacial score (nSPS) is 16.2. The van der Waals surface area contributed by atoms with E-state index in [1.807, 2.05) is 36.2 Å². The van der Waals surface area contributed by atoms with Gasteiger partial charge in [0, 0.05) is 36.0 Å². The van der Waals surface area contributed by atoms with E-state index in [0.717, 1.165) is 43.8 Å². The van der Waals surface area contributed by atoms with Crippen molar-refractivity contribution in [2.75, 3.05) is 25.0 Å². The molecule has 4 nitrogen and oxygen atoms in total. The second-order valence-electron chi connectivity index (χ2n) is 6.01. The topological polar surface area (TPSA) is 41.6 Å². The molecule has 2 heterocycles. The van der Waals surface area contributed by atoms with Crippen LogP contribution in [0.3, 0.4) is 0 Å². The van der Waals surface area contributed by atoms with E-state index in [1.54, 1.807) is 11.3 Å². The number of hydrogen-bond acceptors (Lipinski definition) is 4. The van der Waals surface area contributed by atoms with Crippen molar-refractivity contribution in [3.05, 3.63) is 46.7 Å². The Bertz CT molecular complexity index is 657. The highest BCUT2D eigenvalue weighted by atomic mass is 32.1. The third-order valence-corrected chi connectivity index (χ3v) is 5.21. The number of benzene rings is 1. The van der Waals surface area contributed by atoms with Gasteiger partial charge in [-0.25, -0.2) is 0 Å². The summed E-state index contributed by atoms with van der Waals surface area (Å²) in [6.07, 6.45) is 3.65. The second-order valence-corrected chi connectivity index (χ2v) is 6.99. The van der Waals surface area contributed by atoms with E-state index in [0.29, 0.717) is 6.42 Å². The van der Waals surface area contributed by atoms with Crippen molar-refractivity contribution in [2.45, 2.75) is 31.8 Å². The first-order valence-electron chi connectivity index (χ1n) is 8.53. The third kappa shape index (κ3) is 4.16. The molecule has 3 rings (SSSR count). The lowest BCUT2D eigenvalue weighted by Crippen LogP contribution is -2.35. The van der Waals surface area contributed by atoms with Crippen molar-refractivity contribution in [2.24, 2.45) is 0 Å². The van der Waals surface area contributed by atoms with Gasteiger partial charge in [-0.15, -0.1) is 11.3 Å². The van der Waals surface area contributed by atoms with Crippen LogP contribution < -0.4 is 15.0 Å². The molecule has 1 aliphatic rings. The highest BCUT2D eigenvalue weighted by Gasteiger charge is 2.20. The Kier molecular flexibility index (Phi) is 5.88. The smallest absolute Gasteiger partial charge is 0.226 e. The average Bonchev–Trinajstić information content (AvgIpc) is 3.14. The van der Waals surface area contributed by atoms with Crippen LogP contribution in [0, 0.1) is 0 Å². The molecule has 128 valence electrons. The van der Waals surface area contributed by atoms with Crippen LogP contribution >= 0.6 is 11.3 Å². The molecule has 1 N–H and O–H groups in total. The van der Waals surface area contributed by atoms with E-state index in [1.165, 1.54) is 4.88 Å². The van der Waals surface area contributed by atoms with Crippen molar-refractivity contribution in [1.29, 1.82) is 0 Å². The number of hydrogen-bond donors (Lipinski definition) is 1. The standard InChI is InChI=1S/C19H24N2O2S/c1-20-11-10-17(18-8-5-13-24-18)23-16-7-4-6-15(14-16)21-12-3-2-9-19(21)22/h4-8,13-14,17,20H,2-3,9-12H2,1H3. The van der Waals surface area contributed by atoms with E-state index in [-0.39, 0.29) is 12.0 Å². The Morgan fingerprint density at radius 2 is 2.21 bits per heavy atom. The molecule has 0 saturated carbocycles. The van der Waals surface area contributed by atoms with Crippen LogP contribution in [0.1, 0.15) is 36.7 Å². The van der Waals surface area contributed by atoms with Crippen molar-refractivity contribution >= 4 is 22.9 Å². The Hall–Kier alpha value is -1.85. The fourth-order valence-electron chi connectivity index (χ4n) is 2.98. The molecule has 1 amide bonds. The van der Waals surface area contributed by atoms with Crippen LogP contribution in [0.5, 0.6) is 5.75 Å². The van der Waals surface area contributed by atoms with E-state index in [4.69, 9.17) is 4.74 Å². The minimum absolute atomic E-state index is 0.0322. The number of carbonyl (C=O) groups is 1. The van der Waals surface area contributed by atoms with Gasteiger partial charge in [-0.2, -0.15) is 0 Å². The minimum Gasteiger partial charge on any atom is -0.485 e. The van der Waals surface area contributed by atoms with E-state index >= 15 is 0 Å². The summed E-state index contributed by atoms with van der Waals surface area (Å²) in [6.45, 7) is 1.70. The van der Waals surface area contributed by atoms with Crippen molar-refractivity contribution in [3.63, 3.8) is 0 Å². The summed E-state index contributed by atoms with van der Waals surface area (Å²) in [4.78, 5) is 15.2. The summed E-state index contributed by atoms with van der Waals surface area (Å²) in [7, 11) is 1.95. The largest absolute Gasteiger partial charge is 0.485 e. The second kappa shape index (κ2) is 8.31. The van der Waals surface area contributed by atoms with Gasteiger partial charge in [0.05, 0.1) is 0 Å². The summed E-state index contributed by atoms with van der Waals surface area (Å²) in [5, 5.41) is 5.26. The Labute approximate surface area is 147 Å². The summed E-state index contributed by atoms with van der Waals surface area (Å²) in [5.74, 6) is 1.03. The fourth-order valence-corrected chi connectivity index (χ4v) is 3.77. The number of carbonyl (C=O) groups excluding carboxylic acids is 1. The number of nitrogens with one attached hydrogen (secondary N) is 1. The van der Waals surface area contributed by atoms with Crippen LogP contribution in [0.2, 0.25) is 0 Å². The number of piperidine rings is 1. The molecule has 0 spiro atoms. The van der Waals surface area contributed by atoms with Crippen LogP contribution in [0.15, 0.2) is 41.8 Å². The monoisotopic (exact) mass is 344 g/mol. The van der Waals surface area contributed by atoms with Gasteiger partial charge >= 0.3 is 0 Å². The number of thiophene rings is 1. The molecule has 0 bridgehead atoms. The van der Waals surface area contributed by atoms with Crippen LogP contribution in [0.4, 0.5) is 5.69 Å². The van der Waals surface area contributed by atoms with Gasteiger partial charge in [0.15, 0.2) is 0 Å². The molecule has 5 heteroatoms. The molecule has 1 unspecified atom stereocenters. The molecule has 0 radical (unpaired) electrons. The first-order valence-corrected chi connectivity index (χ1v) is 9.41. The van der Waals surface area contributed by atoms with Gasteiger partial charge in [-0.1, -0.05) is 12.1 Å². The zero-order chi connectivity index (χ0) is 16.8. The van der Waals surface area contributed by atoms with Crippen molar-refractivity contribution in [1.82, 2.24) is 5.32 Å². The number of amides is 1. The van der Waals surface area contributed by atoms with Gasteiger partial charge in [0.2, 0.25) is 5.91 Å². The number of nitrogens with zero attached hydrogens (tertiary/aromatic N) is 1. The van der Waals surface area contributed by atoms with Crippen LogP contribution in [-0.4, -0.2) is 26.0 Å². The molecule has 1 aliphatic heterocycles. The van der Waals surface area contributed by atoms with E-state index < -0.39 is 0 Å². The van der Waals surface area contributed by atoms with Crippen molar-refractivity contribution < 1.29 is 9.53 Å². The first kappa shape index (κ1) is 17.0. The van der Waals surface area contributed by atoms with Crippen LogP contribution in [-0.2, 0) is 4.79 Å². The molecule has 1 fully saturated rings. The maximum absolute atomic E-state index is 12.1. The van der Waals surface area contributed by atoms with Gasteiger partial charge in [-0.05, 0) is 50.0 Å². The van der Waals surface area contributed by atoms with Crippen LogP contribution in [0.25, 0.3) is 0 Å². The maximum atomic E-state index is 12.1. The number of rotatable bonds is 7. The molecular weight excluding hydrogens is 320 g/mol. The zero-order valence-corrected chi connectivity index (χ0v) is 14.8. The minimum atomic E-state index is 0.0322. The van der Waals surface area contributed by atoms with Gasteiger partial charge < -0.3 is 15.0 Å². The quantitative estimate of drug-likeness (QED) is 0.825. The number of anilines is 1. The number of ether oxygens (including phenoxy) is 1. The molecular formula is C19H24N2O2S. The summed E-state index contributed by atoms with van der Waals surface area (Å²) in [5.41, 5.74) is 0.941. The molecule has 0 aliphatic carbocycles. The first-order chi connectivity index (χ1) is 11.8. The molecule has 1 aromatic heterocycles. The van der Waals surface area contributed by atoms with E-state index in [9.17, 15) is 4.79 Å². The highest BCUT2D eigenvalue weighted by molar-refractivity contribution is 7.10. The summed E-state index contributed by atoms with van der Waals surface area (Å²) >= 11 is 1.72.